The van der Waals surface area contributed by atoms with Crippen LogP contribution in [0.25, 0.3) is 10.8 Å². The van der Waals surface area contributed by atoms with Gasteiger partial charge in [-0.1, -0.05) is 25.1 Å². The van der Waals surface area contributed by atoms with Crippen LogP contribution in [-0.4, -0.2) is 45.2 Å². The standard InChI is InChI=1S/C14H15N3O4/c1-3-10(14(20)21)17(2)13(19)11-8-6-4-5-7-9(8)12(18)16-15-11/h4-7,10H,3H2,1-2H3,(H,16,18)(H,20,21). The smallest absolute Gasteiger partial charge is 0.326 e. The summed E-state index contributed by atoms with van der Waals surface area (Å²) in [5.41, 5.74) is -0.359. The van der Waals surface area contributed by atoms with Gasteiger partial charge in [-0.3, -0.25) is 9.59 Å². The van der Waals surface area contributed by atoms with Crippen LogP contribution in [0.1, 0.15) is 23.8 Å². The molecule has 1 unspecified atom stereocenters. The molecule has 1 aromatic heterocycles. The Labute approximate surface area is 120 Å². The van der Waals surface area contributed by atoms with Crippen LogP contribution in [0.2, 0.25) is 0 Å². The topological polar surface area (TPSA) is 103 Å². The van der Waals surface area contributed by atoms with Crippen molar-refractivity contribution in [3.05, 3.63) is 40.3 Å². The van der Waals surface area contributed by atoms with Crippen molar-refractivity contribution in [2.24, 2.45) is 0 Å². The second kappa shape index (κ2) is 5.74. The van der Waals surface area contributed by atoms with Gasteiger partial charge in [0.25, 0.3) is 11.5 Å². The number of carboxylic acid groups (broad SMARTS) is 1. The van der Waals surface area contributed by atoms with Crippen LogP contribution in [0.4, 0.5) is 0 Å². The number of aromatic amines is 1. The number of benzene rings is 1. The molecule has 1 atom stereocenters. The number of aromatic nitrogens is 2. The molecule has 7 heteroatoms. The second-order valence-electron chi connectivity index (χ2n) is 4.63. The van der Waals surface area contributed by atoms with Gasteiger partial charge in [-0.2, -0.15) is 5.10 Å². The Hall–Kier alpha value is -2.70. The molecular formula is C14H15N3O4. The molecule has 2 aromatic rings. The Kier molecular flexibility index (Phi) is 4.02. The molecule has 0 saturated heterocycles. The Morgan fingerprint density at radius 3 is 2.52 bits per heavy atom. The lowest BCUT2D eigenvalue weighted by atomic mass is 10.1. The molecule has 2 N–H and O–H groups in total. The minimum Gasteiger partial charge on any atom is -0.480 e. The van der Waals surface area contributed by atoms with E-state index in [0.29, 0.717) is 10.8 Å². The second-order valence-corrected chi connectivity index (χ2v) is 4.63. The van der Waals surface area contributed by atoms with Gasteiger partial charge in [-0.25, -0.2) is 9.89 Å². The van der Waals surface area contributed by atoms with E-state index < -0.39 is 23.5 Å². The normalized spacial score (nSPS) is 12.1. The van der Waals surface area contributed by atoms with E-state index in [1.54, 1.807) is 31.2 Å². The van der Waals surface area contributed by atoms with Crippen molar-refractivity contribution in [3.8, 4) is 0 Å². The minimum atomic E-state index is -1.08. The molecule has 0 fully saturated rings. The minimum absolute atomic E-state index is 0.0346. The number of likely N-dealkylation sites (N-methyl/N-ethyl adjacent to an activating group) is 1. The van der Waals surface area contributed by atoms with Crippen molar-refractivity contribution < 1.29 is 14.7 Å². The summed E-state index contributed by atoms with van der Waals surface area (Å²) in [6.45, 7) is 1.68. The molecule has 0 radical (unpaired) electrons. The van der Waals surface area contributed by atoms with Gasteiger partial charge < -0.3 is 10.0 Å². The molecule has 110 valence electrons. The van der Waals surface area contributed by atoms with Crippen LogP contribution in [0.5, 0.6) is 0 Å². The number of hydrogen-bond acceptors (Lipinski definition) is 4. The van der Waals surface area contributed by atoms with Gasteiger partial charge in [-0.15, -0.1) is 0 Å². The number of nitrogens with zero attached hydrogens (tertiary/aromatic N) is 2. The number of H-pyrrole nitrogens is 1. The number of rotatable bonds is 4. The number of aliphatic carboxylic acids is 1. The third-order valence-corrected chi connectivity index (χ3v) is 3.36. The lowest BCUT2D eigenvalue weighted by Crippen LogP contribution is -2.42. The Morgan fingerprint density at radius 2 is 1.95 bits per heavy atom. The van der Waals surface area contributed by atoms with Crippen LogP contribution in [0, 0.1) is 0 Å². The lowest BCUT2D eigenvalue weighted by molar-refractivity contribution is -0.142. The van der Waals surface area contributed by atoms with E-state index in [2.05, 4.69) is 10.2 Å². The van der Waals surface area contributed by atoms with Crippen LogP contribution >= 0.6 is 0 Å². The summed E-state index contributed by atoms with van der Waals surface area (Å²) in [5, 5.41) is 15.9. The number of carbonyl (C=O) groups is 2. The maximum Gasteiger partial charge on any atom is 0.326 e. The summed E-state index contributed by atoms with van der Waals surface area (Å²) in [6, 6.07) is 5.63. The zero-order valence-electron chi connectivity index (χ0n) is 11.7. The van der Waals surface area contributed by atoms with Crippen molar-refractivity contribution >= 4 is 22.6 Å². The van der Waals surface area contributed by atoms with E-state index in [-0.39, 0.29) is 12.1 Å². The van der Waals surface area contributed by atoms with Crippen LogP contribution in [-0.2, 0) is 4.79 Å². The molecule has 0 aliphatic rings. The van der Waals surface area contributed by atoms with Gasteiger partial charge in [0.2, 0.25) is 0 Å². The molecule has 0 aliphatic carbocycles. The van der Waals surface area contributed by atoms with Crippen molar-refractivity contribution in [3.63, 3.8) is 0 Å². The van der Waals surface area contributed by atoms with Crippen LogP contribution < -0.4 is 5.56 Å². The van der Waals surface area contributed by atoms with Crippen molar-refractivity contribution in [2.75, 3.05) is 7.05 Å². The first-order valence-corrected chi connectivity index (χ1v) is 6.44. The van der Waals surface area contributed by atoms with Gasteiger partial charge >= 0.3 is 5.97 Å². The van der Waals surface area contributed by atoms with Gasteiger partial charge in [0.15, 0.2) is 5.69 Å². The van der Waals surface area contributed by atoms with Crippen molar-refractivity contribution in [2.45, 2.75) is 19.4 Å². The third-order valence-electron chi connectivity index (χ3n) is 3.36. The maximum absolute atomic E-state index is 12.5. The average Bonchev–Trinajstić information content (AvgIpc) is 2.47. The first-order chi connectivity index (χ1) is 9.97. The highest BCUT2D eigenvalue weighted by Crippen LogP contribution is 2.15. The van der Waals surface area contributed by atoms with E-state index in [4.69, 9.17) is 5.11 Å². The molecule has 2 rings (SSSR count). The van der Waals surface area contributed by atoms with Crippen LogP contribution in [0.3, 0.4) is 0 Å². The fraction of sp³-hybridized carbons (Fsp3) is 0.286. The third kappa shape index (κ3) is 2.62. The van der Waals surface area contributed by atoms with E-state index in [1.165, 1.54) is 7.05 Å². The zero-order chi connectivity index (χ0) is 15.6. The highest BCUT2D eigenvalue weighted by atomic mass is 16.4. The fourth-order valence-corrected chi connectivity index (χ4v) is 2.20. The number of carboxylic acids is 1. The molecule has 1 heterocycles. The summed E-state index contributed by atoms with van der Waals surface area (Å²) in [7, 11) is 1.41. The number of carbonyl (C=O) groups excluding carboxylic acids is 1. The quantitative estimate of drug-likeness (QED) is 0.868. The van der Waals surface area contributed by atoms with Crippen molar-refractivity contribution in [1.82, 2.24) is 15.1 Å². The predicted octanol–water partition coefficient (Wildman–Crippen LogP) is 0.858. The predicted molar refractivity (Wildman–Crippen MR) is 76.2 cm³/mol. The highest BCUT2D eigenvalue weighted by Gasteiger charge is 2.27. The Bertz CT molecular complexity index is 753. The first-order valence-electron chi connectivity index (χ1n) is 6.44. The number of amides is 1. The maximum atomic E-state index is 12.5. The molecule has 1 amide bonds. The molecule has 0 bridgehead atoms. The highest BCUT2D eigenvalue weighted by molar-refractivity contribution is 6.05. The molecular weight excluding hydrogens is 274 g/mol. The van der Waals surface area contributed by atoms with Gasteiger partial charge in [0.05, 0.1) is 5.39 Å². The summed E-state index contributed by atoms with van der Waals surface area (Å²) < 4.78 is 0. The summed E-state index contributed by atoms with van der Waals surface area (Å²) in [4.78, 5) is 36.4. The SMILES string of the molecule is CCC(C(=O)O)N(C)C(=O)c1n[nH]c(=O)c2ccccc12. The molecule has 7 nitrogen and oxygen atoms in total. The fourth-order valence-electron chi connectivity index (χ4n) is 2.20. The summed E-state index contributed by atoms with van der Waals surface area (Å²) in [5.74, 6) is -1.63. The monoisotopic (exact) mass is 289 g/mol. The van der Waals surface area contributed by atoms with Crippen LogP contribution in [0.15, 0.2) is 29.1 Å². The summed E-state index contributed by atoms with van der Waals surface area (Å²) >= 11 is 0. The molecule has 0 saturated carbocycles. The van der Waals surface area contributed by atoms with E-state index in [9.17, 15) is 14.4 Å². The first kappa shape index (κ1) is 14.7. The molecule has 21 heavy (non-hydrogen) atoms. The van der Waals surface area contributed by atoms with Gasteiger partial charge in [0, 0.05) is 12.4 Å². The van der Waals surface area contributed by atoms with Crippen molar-refractivity contribution in [1.29, 1.82) is 0 Å². The zero-order valence-corrected chi connectivity index (χ0v) is 11.7. The summed E-state index contributed by atoms with van der Waals surface area (Å²) in [6.07, 6.45) is 0.277. The molecule has 1 aromatic carbocycles. The Morgan fingerprint density at radius 1 is 1.33 bits per heavy atom. The van der Waals surface area contributed by atoms with E-state index >= 15 is 0 Å². The Balaban J connectivity index is 2.52. The average molecular weight is 289 g/mol. The molecule has 0 aliphatic heterocycles. The van der Waals surface area contributed by atoms with E-state index in [0.717, 1.165) is 4.90 Å². The van der Waals surface area contributed by atoms with E-state index in [1.807, 2.05) is 0 Å². The number of fused-ring (bicyclic) bond motifs is 1. The number of nitrogens with one attached hydrogen (secondary N) is 1. The van der Waals surface area contributed by atoms with Gasteiger partial charge in [0.1, 0.15) is 6.04 Å². The van der Waals surface area contributed by atoms with Gasteiger partial charge in [-0.05, 0) is 12.5 Å². The molecule has 0 spiro atoms. The number of hydrogen-bond donors (Lipinski definition) is 2. The lowest BCUT2D eigenvalue weighted by Gasteiger charge is -2.23. The largest absolute Gasteiger partial charge is 0.480 e.